The molecule has 1 aromatic carbocycles. The third kappa shape index (κ3) is 3.02. The smallest absolute Gasteiger partial charge is 0.321 e. The van der Waals surface area contributed by atoms with Crippen molar-refractivity contribution in [3.05, 3.63) is 52.4 Å². The highest BCUT2D eigenvalue weighted by atomic mass is 35.5. The van der Waals surface area contributed by atoms with Gasteiger partial charge < -0.3 is 10.6 Å². The Bertz CT molecular complexity index is 799. The van der Waals surface area contributed by atoms with Gasteiger partial charge in [0.05, 0.1) is 5.00 Å². The molecule has 1 aromatic heterocycles. The molecule has 0 atom stereocenters. The molecule has 2 fully saturated rings. The minimum absolute atomic E-state index is 0.127. The van der Waals surface area contributed by atoms with Crippen LogP contribution in [0.3, 0.4) is 0 Å². The number of carbonyl (C=O) groups excluding carboxylic acids is 1. The second-order valence-electron chi connectivity index (χ2n) is 7.70. The lowest BCUT2D eigenvalue weighted by Gasteiger charge is -2.47. The van der Waals surface area contributed by atoms with Crippen LogP contribution in [0.2, 0.25) is 5.02 Å². The molecule has 2 aromatic rings. The topological polar surface area (TPSA) is 49.6 Å². The number of carbonyl (C=O) groups is 1. The van der Waals surface area contributed by atoms with Gasteiger partial charge in [0.1, 0.15) is 0 Å². The van der Waals surface area contributed by atoms with E-state index in [1.807, 2.05) is 40.6 Å². The summed E-state index contributed by atoms with van der Waals surface area (Å²) in [5, 5.41) is 3.77. The number of halogens is 1. The summed E-state index contributed by atoms with van der Waals surface area (Å²) in [4.78, 5) is 17.0. The molecule has 2 aliphatic rings. The maximum atomic E-state index is 13.0. The van der Waals surface area contributed by atoms with Gasteiger partial charge in [0.15, 0.2) is 0 Å². The summed E-state index contributed by atoms with van der Waals surface area (Å²) in [6.07, 6.45) is 3.51. The molecule has 1 saturated heterocycles. The zero-order valence-electron chi connectivity index (χ0n) is 15.0. The fourth-order valence-electron chi connectivity index (χ4n) is 4.26. The first-order valence-electron chi connectivity index (χ1n) is 9.09. The molecule has 4 nitrogen and oxygen atoms in total. The Balaban J connectivity index is 1.49. The zero-order valence-corrected chi connectivity index (χ0v) is 16.5. The van der Waals surface area contributed by atoms with E-state index in [9.17, 15) is 4.79 Å². The van der Waals surface area contributed by atoms with E-state index in [0.29, 0.717) is 0 Å². The van der Waals surface area contributed by atoms with Crippen LogP contribution in [0.4, 0.5) is 9.80 Å². The van der Waals surface area contributed by atoms with Crippen molar-refractivity contribution < 1.29 is 4.79 Å². The maximum absolute atomic E-state index is 13.0. The Morgan fingerprint density at radius 3 is 2.54 bits per heavy atom. The lowest BCUT2D eigenvalue weighted by molar-refractivity contribution is 0.0848. The van der Waals surface area contributed by atoms with Crippen LogP contribution in [0, 0.1) is 0 Å². The number of hydrogen-bond acceptors (Lipinski definition) is 3. The minimum Gasteiger partial charge on any atom is -0.321 e. The lowest BCUT2D eigenvalue weighted by atomic mass is 9.70. The lowest BCUT2D eigenvalue weighted by Crippen LogP contribution is -2.54. The molecule has 2 N–H and O–H groups in total. The van der Waals surface area contributed by atoms with Crippen molar-refractivity contribution in [2.45, 2.75) is 43.7 Å². The molecule has 0 bridgehead atoms. The van der Waals surface area contributed by atoms with Gasteiger partial charge in [-0.2, -0.15) is 0 Å². The van der Waals surface area contributed by atoms with Crippen LogP contribution in [0.25, 0.3) is 0 Å². The number of urea groups is 1. The quantitative estimate of drug-likeness (QED) is 0.817. The van der Waals surface area contributed by atoms with Crippen molar-refractivity contribution in [1.29, 1.82) is 0 Å². The highest BCUT2D eigenvalue weighted by Crippen LogP contribution is 2.44. The first kappa shape index (κ1) is 17.8. The van der Waals surface area contributed by atoms with Gasteiger partial charge in [-0.25, -0.2) is 4.79 Å². The van der Waals surface area contributed by atoms with Gasteiger partial charge in [0, 0.05) is 29.2 Å². The van der Waals surface area contributed by atoms with Gasteiger partial charge >= 0.3 is 6.03 Å². The first-order valence-corrected chi connectivity index (χ1v) is 10.3. The molecule has 0 radical (unpaired) electrons. The third-order valence-corrected chi connectivity index (χ3v) is 7.18. The maximum Gasteiger partial charge on any atom is 0.325 e. The average molecular weight is 390 g/mol. The Morgan fingerprint density at radius 1 is 1.12 bits per heavy atom. The minimum atomic E-state index is -0.360. The zero-order chi connectivity index (χ0) is 18.4. The number of nitrogens with two attached hydrogens (primary N) is 1. The average Bonchev–Trinajstić information content (AvgIpc) is 3.27. The number of thiophene rings is 1. The highest BCUT2D eigenvalue weighted by Gasteiger charge is 2.47. The van der Waals surface area contributed by atoms with E-state index < -0.39 is 0 Å². The Labute approximate surface area is 163 Å². The molecule has 1 saturated carbocycles. The fourth-order valence-corrected chi connectivity index (χ4v) is 5.20. The molecular weight excluding hydrogens is 366 g/mol. The molecule has 1 aliphatic heterocycles. The van der Waals surface area contributed by atoms with Crippen molar-refractivity contribution in [3.8, 4) is 0 Å². The van der Waals surface area contributed by atoms with Crippen LogP contribution >= 0.6 is 22.9 Å². The van der Waals surface area contributed by atoms with E-state index in [0.717, 1.165) is 54.4 Å². The molecule has 138 valence electrons. The van der Waals surface area contributed by atoms with E-state index in [4.69, 9.17) is 17.3 Å². The van der Waals surface area contributed by atoms with Crippen molar-refractivity contribution in [2.24, 2.45) is 5.73 Å². The van der Waals surface area contributed by atoms with Crippen LogP contribution in [-0.4, -0.2) is 29.6 Å². The Kier molecular flexibility index (Phi) is 4.49. The van der Waals surface area contributed by atoms with E-state index >= 15 is 0 Å². The van der Waals surface area contributed by atoms with Gasteiger partial charge in [-0.3, -0.25) is 4.90 Å². The van der Waals surface area contributed by atoms with E-state index in [1.54, 1.807) is 11.3 Å². The van der Waals surface area contributed by atoms with Crippen LogP contribution in [0.15, 0.2) is 41.8 Å². The molecule has 1 aliphatic carbocycles. The number of rotatable bonds is 3. The van der Waals surface area contributed by atoms with Gasteiger partial charge in [0.2, 0.25) is 0 Å². The number of nitrogens with zero attached hydrogens (tertiary/aromatic N) is 2. The summed E-state index contributed by atoms with van der Waals surface area (Å²) in [6, 6.07) is 12.0. The fraction of sp³-hybridized carbons (Fsp3) is 0.450. The number of amides is 2. The van der Waals surface area contributed by atoms with Crippen molar-refractivity contribution in [2.75, 3.05) is 18.0 Å². The molecule has 2 amide bonds. The van der Waals surface area contributed by atoms with E-state index in [1.165, 1.54) is 0 Å². The van der Waals surface area contributed by atoms with Gasteiger partial charge in [-0.05, 0) is 67.8 Å². The van der Waals surface area contributed by atoms with E-state index in [-0.39, 0.29) is 17.1 Å². The van der Waals surface area contributed by atoms with Crippen LogP contribution in [0.1, 0.15) is 38.2 Å². The summed E-state index contributed by atoms with van der Waals surface area (Å²) >= 11 is 7.77. The molecular formula is C20H24ClN3OS. The van der Waals surface area contributed by atoms with Gasteiger partial charge in [-0.15, -0.1) is 11.3 Å². The number of hydrogen-bond donors (Lipinski definition) is 1. The predicted octanol–water partition coefficient (Wildman–Crippen LogP) is 4.83. The van der Waals surface area contributed by atoms with Crippen LogP contribution in [0.5, 0.6) is 0 Å². The Hall–Kier alpha value is -1.56. The summed E-state index contributed by atoms with van der Waals surface area (Å²) < 4.78 is 0. The van der Waals surface area contributed by atoms with Crippen molar-refractivity contribution in [1.82, 2.24) is 4.90 Å². The standard InChI is InChI=1S/C20H24ClN3OS/c1-19(24-12-11-23(18(24)25)17-6-3-13-26-17)7-9-20(22,10-8-19)15-4-2-5-16(21)14-15/h2-6,13-14H,7-12,22H2,1H3. The molecule has 6 heteroatoms. The summed E-state index contributed by atoms with van der Waals surface area (Å²) in [5.41, 5.74) is 7.34. The number of anilines is 1. The van der Waals surface area contributed by atoms with Crippen LogP contribution < -0.4 is 10.6 Å². The van der Waals surface area contributed by atoms with E-state index in [2.05, 4.69) is 17.9 Å². The second-order valence-corrected chi connectivity index (χ2v) is 9.06. The predicted molar refractivity (Wildman–Crippen MR) is 108 cm³/mol. The largest absolute Gasteiger partial charge is 0.325 e. The molecule has 0 unspecified atom stereocenters. The summed E-state index contributed by atoms with van der Waals surface area (Å²) in [7, 11) is 0. The molecule has 26 heavy (non-hydrogen) atoms. The second kappa shape index (κ2) is 6.55. The van der Waals surface area contributed by atoms with Crippen LogP contribution in [-0.2, 0) is 5.54 Å². The summed E-state index contributed by atoms with van der Waals surface area (Å²) in [5.74, 6) is 0. The monoisotopic (exact) mass is 389 g/mol. The van der Waals surface area contributed by atoms with Crippen molar-refractivity contribution in [3.63, 3.8) is 0 Å². The Morgan fingerprint density at radius 2 is 1.88 bits per heavy atom. The van der Waals surface area contributed by atoms with Gasteiger partial charge in [0.25, 0.3) is 0 Å². The van der Waals surface area contributed by atoms with Gasteiger partial charge in [-0.1, -0.05) is 23.7 Å². The highest BCUT2D eigenvalue weighted by molar-refractivity contribution is 7.14. The third-order valence-electron chi connectivity index (χ3n) is 6.05. The normalized spacial score (nSPS) is 29.4. The molecule has 0 spiro atoms. The first-order chi connectivity index (χ1) is 12.4. The number of benzene rings is 1. The SMILES string of the molecule is CC1(N2CCN(c3cccs3)C2=O)CCC(N)(c2cccc(Cl)c2)CC1. The summed E-state index contributed by atoms with van der Waals surface area (Å²) in [6.45, 7) is 3.75. The molecule has 2 heterocycles. The molecule has 4 rings (SSSR count). The van der Waals surface area contributed by atoms with Crippen molar-refractivity contribution >= 4 is 34.0 Å².